The zero-order valence-electron chi connectivity index (χ0n) is 13.8. The number of halogens is 1. The smallest absolute Gasteiger partial charge is 0.191 e. The first-order chi connectivity index (χ1) is 10.8. The highest BCUT2D eigenvalue weighted by molar-refractivity contribution is 14.0. The third kappa shape index (κ3) is 7.22. The molecule has 23 heavy (non-hydrogen) atoms. The van der Waals surface area contributed by atoms with Crippen molar-refractivity contribution in [2.45, 2.75) is 19.4 Å². The van der Waals surface area contributed by atoms with E-state index in [-0.39, 0.29) is 24.0 Å². The molecule has 0 saturated carbocycles. The molecule has 1 aromatic rings. The molecule has 0 saturated heterocycles. The second-order valence-corrected chi connectivity index (χ2v) is 5.14. The maximum Gasteiger partial charge on any atom is 0.191 e. The highest BCUT2D eigenvalue weighted by atomic mass is 127. The fourth-order valence-electron chi connectivity index (χ4n) is 2.28. The molecular weight excluding hydrogens is 405 g/mol. The maximum absolute atomic E-state index is 5.31. The van der Waals surface area contributed by atoms with E-state index < -0.39 is 0 Å². The molecule has 1 aliphatic heterocycles. The summed E-state index contributed by atoms with van der Waals surface area (Å²) >= 11 is 0. The number of rotatable bonds is 6. The second-order valence-electron chi connectivity index (χ2n) is 5.14. The monoisotopic (exact) mass is 431 g/mol. The van der Waals surface area contributed by atoms with Crippen LogP contribution in [-0.2, 0) is 11.3 Å². The Hall–Kier alpha value is -1.28. The number of guanidine groups is 1. The number of aliphatic imine (C=N–C) groups is 1. The molecule has 0 bridgehead atoms. The molecule has 5 nitrogen and oxygen atoms in total. The Morgan fingerprint density at radius 2 is 2.04 bits per heavy atom. The molecule has 0 aromatic heterocycles. The van der Waals surface area contributed by atoms with Gasteiger partial charge in [-0.25, -0.2) is 0 Å². The Labute approximate surface area is 155 Å². The Bertz CT molecular complexity index is 515. The van der Waals surface area contributed by atoms with Crippen LogP contribution in [0.15, 0.2) is 40.9 Å². The molecule has 2 rings (SSSR count). The summed E-state index contributed by atoms with van der Waals surface area (Å²) in [5.74, 6) is 1.69. The van der Waals surface area contributed by atoms with Gasteiger partial charge in [-0.15, -0.1) is 24.0 Å². The van der Waals surface area contributed by atoms with Crippen molar-refractivity contribution in [1.82, 2.24) is 10.6 Å². The summed E-state index contributed by atoms with van der Waals surface area (Å²) in [6, 6.07) is 8.02. The molecular formula is C17H26IN3O2. The van der Waals surface area contributed by atoms with Gasteiger partial charge in [-0.2, -0.15) is 0 Å². The average molecular weight is 431 g/mol. The van der Waals surface area contributed by atoms with Crippen LogP contribution in [-0.4, -0.2) is 39.9 Å². The summed E-state index contributed by atoms with van der Waals surface area (Å²) in [4.78, 5) is 4.25. The molecule has 0 amide bonds. The number of hydrogen-bond acceptors (Lipinski definition) is 3. The van der Waals surface area contributed by atoms with Crippen LogP contribution in [0.4, 0.5) is 0 Å². The molecule has 128 valence electrons. The largest absolute Gasteiger partial charge is 0.497 e. The van der Waals surface area contributed by atoms with Crippen LogP contribution < -0.4 is 15.4 Å². The van der Waals surface area contributed by atoms with Gasteiger partial charge in [0.15, 0.2) is 5.96 Å². The highest BCUT2D eigenvalue weighted by Gasteiger charge is 2.04. The van der Waals surface area contributed by atoms with Gasteiger partial charge in [0.2, 0.25) is 0 Å². The Kier molecular flexibility index (Phi) is 9.70. The average Bonchev–Trinajstić information content (AvgIpc) is 2.59. The van der Waals surface area contributed by atoms with E-state index >= 15 is 0 Å². The minimum Gasteiger partial charge on any atom is -0.497 e. The number of nitrogens with one attached hydrogen (secondary N) is 2. The lowest BCUT2D eigenvalue weighted by molar-refractivity contribution is 0.153. The zero-order chi connectivity index (χ0) is 15.6. The summed E-state index contributed by atoms with van der Waals surface area (Å²) in [7, 11) is 3.46. The number of benzene rings is 1. The van der Waals surface area contributed by atoms with Gasteiger partial charge < -0.3 is 20.1 Å². The van der Waals surface area contributed by atoms with Crippen LogP contribution in [0.25, 0.3) is 0 Å². The molecule has 0 spiro atoms. The summed E-state index contributed by atoms with van der Waals surface area (Å²) in [5.41, 5.74) is 2.65. The van der Waals surface area contributed by atoms with Gasteiger partial charge in [0.1, 0.15) is 5.75 Å². The van der Waals surface area contributed by atoms with E-state index in [0.717, 1.165) is 50.9 Å². The SMILES string of the molecule is CN=C(NCCC1=CCOCC1)NCc1ccc(OC)cc1.I. The molecule has 1 aliphatic rings. The molecule has 1 heterocycles. The number of hydrogen-bond donors (Lipinski definition) is 2. The van der Waals surface area contributed by atoms with Gasteiger partial charge in [0, 0.05) is 20.1 Å². The van der Waals surface area contributed by atoms with Crippen molar-refractivity contribution in [3.63, 3.8) is 0 Å². The topological polar surface area (TPSA) is 54.9 Å². The molecule has 2 N–H and O–H groups in total. The third-order valence-corrected chi connectivity index (χ3v) is 3.64. The van der Waals surface area contributed by atoms with Crippen LogP contribution in [0.1, 0.15) is 18.4 Å². The fraction of sp³-hybridized carbons (Fsp3) is 0.471. The van der Waals surface area contributed by atoms with Crippen molar-refractivity contribution < 1.29 is 9.47 Å². The van der Waals surface area contributed by atoms with E-state index in [1.807, 2.05) is 24.3 Å². The summed E-state index contributed by atoms with van der Waals surface area (Å²) in [5, 5.41) is 6.66. The standard InChI is InChI=1S/C17H25N3O2.HI/c1-18-17(19-10-7-14-8-11-22-12-9-14)20-13-15-3-5-16(21-2)6-4-15;/h3-6,8H,7,9-13H2,1-2H3,(H2,18,19,20);1H. The van der Waals surface area contributed by atoms with Crippen LogP contribution in [0.5, 0.6) is 5.75 Å². The Balaban J connectivity index is 0.00000264. The molecule has 6 heteroatoms. The fourth-order valence-corrected chi connectivity index (χ4v) is 2.28. The van der Waals surface area contributed by atoms with Gasteiger partial charge in [0.05, 0.1) is 20.3 Å². The van der Waals surface area contributed by atoms with Crippen molar-refractivity contribution in [2.75, 3.05) is 33.9 Å². The van der Waals surface area contributed by atoms with E-state index in [0.29, 0.717) is 0 Å². The maximum atomic E-state index is 5.31. The Morgan fingerprint density at radius 3 is 2.65 bits per heavy atom. The second kappa shape index (κ2) is 11.3. The van der Waals surface area contributed by atoms with Gasteiger partial charge >= 0.3 is 0 Å². The normalized spacial score (nSPS) is 14.5. The predicted octanol–water partition coefficient (Wildman–Crippen LogP) is 2.72. The molecule has 0 fully saturated rings. The highest BCUT2D eigenvalue weighted by Crippen LogP contribution is 2.11. The molecule has 0 unspecified atom stereocenters. The van der Waals surface area contributed by atoms with Crippen molar-refractivity contribution in [3.8, 4) is 5.75 Å². The van der Waals surface area contributed by atoms with Crippen molar-refractivity contribution >= 4 is 29.9 Å². The number of ether oxygens (including phenoxy) is 2. The van der Waals surface area contributed by atoms with Gasteiger partial charge in [0.25, 0.3) is 0 Å². The summed E-state index contributed by atoms with van der Waals surface area (Å²) < 4.78 is 10.5. The Morgan fingerprint density at radius 1 is 1.26 bits per heavy atom. The predicted molar refractivity (Wildman–Crippen MR) is 105 cm³/mol. The first kappa shape index (κ1) is 19.8. The first-order valence-electron chi connectivity index (χ1n) is 7.65. The van der Waals surface area contributed by atoms with Gasteiger partial charge in [-0.3, -0.25) is 4.99 Å². The molecule has 0 aliphatic carbocycles. The third-order valence-electron chi connectivity index (χ3n) is 3.64. The van der Waals surface area contributed by atoms with Crippen molar-refractivity contribution in [1.29, 1.82) is 0 Å². The molecule has 1 aromatic carbocycles. The van der Waals surface area contributed by atoms with E-state index in [1.165, 1.54) is 11.1 Å². The minimum atomic E-state index is 0. The van der Waals surface area contributed by atoms with Crippen LogP contribution in [0.3, 0.4) is 0 Å². The lowest BCUT2D eigenvalue weighted by atomic mass is 10.1. The van der Waals surface area contributed by atoms with Crippen molar-refractivity contribution in [2.24, 2.45) is 4.99 Å². The first-order valence-corrected chi connectivity index (χ1v) is 7.65. The quantitative estimate of drug-likeness (QED) is 0.315. The van der Waals surface area contributed by atoms with E-state index in [2.05, 4.69) is 21.7 Å². The van der Waals surface area contributed by atoms with Gasteiger partial charge in [-0.1, -0.05) is 23.8 Å². The van der Waals surface area contributed by atoms with Crippen molar-refractivity contribution in [3.05, 3.63) is 41.5 Å². The minimum absolute atomic E-state index is 0. The van der Waals surface area contributed by atoms with Crippen LogP contribution in [0, 0.1) is 0 Å². The van der Waals surface area contributed by atoms with Gasteiger partial charge in [-0.05, 0) is 30.5 Å². The van der Waals surface area contributed by atoms with E-state index in [4.69, 9.17) is 9.47 Å². The molecule has 0 radical (unpaired) electrons. The number of methoxy groups -OCH3 is 1. The lowest BCUT2D eigenvalue weighted by Crippen LogP contribution is -2.37. The number of nitrogens with zero attached hydrogens (tertiary/aromatic N) is 1. The van der Waals surface area contributed by atoms with E-state index in [1.54, 1.807) is 14.2 Å². The summed E-state index contributed by atoms with van der Waals surface area (Å²) in [6.45, 7) is 3.21. The molecule has 0 atom stereocenters. The van der Waals surface area contributed by atoms with E-state index in [9.17, 15) is 0 Å². The lowest BCUT2D eigenvalue weighted by Gasteiger charge is -2.15. The van der Waals surface area contributed by atoms with Crippen LogP contribution in [0.2, 0.25) is 0 Å². The zero-order valence-corrected chi connectivity index (χ0v) is 16.1. The summed E-state index contributed by atoms with van der Waals surface area (Å²) in [6.07, 6.45) is 4.25. The van der Waals surface area contributed by atoms with Crippen LogP contribution >= 0.6 is 24.0 Å².